The lowest BCUT2D eigenvalue weighted by molar-refractivity contribution is -0.157. The molecule has 7 nitrogen and oxygen atoms in total. The number of hydrogen-bond donors (Lipinski definition) is 0. The molecule has 1 aliphatic rings. The Bertz CT molecular complexity index is 919. The van der Waals surface area contributed by atoms with Crippen molar-refractivity contribution in [3.63, 3.8) is 0 Å². The highest BCUT2D eigenvalue weighted by Crippen LogP contribution is 2.39. The zero-order valence-corrected chi connectivity index (χ0v) is 34.9. The van der Waals surface area contributed by atoms with E-state index in [1.54, 1.807) is 0 Å². The molecular formula is C45H83NO6. The molecule has 0 saturated heterocycles. The van der Waals surface area contributed by atoms with Gasteiger partial charge in [-0.3, -0.25) is 14.4 Å². The summed E-state index contributed by atoms with van der Waals surface area (Å²) in [7, 11) is 4.02. The van der Waals surface area contributed by atoms with Crippen molar-refractivity contribution >= 4 is 17.9 Å². The Kier molecular flexibility index (Phi) is 30.1. The van der Waals surface area contributed by atoms with Crippen molar-refractivity contribution in [3.8, 4) is 0 Å². The summed E-state index contributed by atoms with van der Waals surface area (Å²) in [4.78, 5) is 41.6. The second kappa shape index (κ2) is 32.5. The normalized spacial score (nSPS) is 18.6. The Hall–Kier alpha value is -1.89. The van der Waals surface area contributed by atoms with E-state index in [-0.39, 0.29) is 54.5 Å². The predicted octanol–water partition coefficient (Wildman–Crippen LogP) is 11.9. The molecule has 0 aromatic heterocycles. The smallest absolute Gasteiger partial charge is 0.309 e. The zero-order valence-electron chi connectivity index (χ0n) is 34.9. The summed E-state index contributed by atoms with van der Waals surface area (Å²) in [5.74, 6) is -0.164. The highest BCUT2D eigenvalue weighted by molar-refractivity contribution is 5.72. The maximum atomic E-state index is 13.7. The lowest BCUT2D eigenvalue weighted by Crippen LogP contribution is -2.28. The van der Waals surface area contributed by atoms with E-state index < -0.39 is 0 Å². The Labute approximate surface area is 321 Å². The molecule has 52 heavy (non-hydrogen) atoms. The Morgan fingerprint density at radius 2 is 1.25 bits per heavy atom. The average molecular weight is 734 g/mol. The van der Waals surface area contributed by atoms with Gasteiger partial charge in [0.25, 0.3) is 0 Å². The van der Waals surface area contributed by atoms with E-state index >= 15 is 0 Å². The van der Waals surface area contributed by atoms with E-state index in [4.69, 9.17) is 14.2 Å². The number of unbranched alkanes of at least 4 members (excludes halogenated alkanes) is 13. The molecule has 0 amide bonds. The second-order valence-corrected chi connectivity index (χ2v) is 16.0. The first-order chi connectivity index (χ1) is 25.2. The van der Waals surface area contributed by atoms with Crippen LogP contribution in [0.15, 0.2) is 12.2 Å². The van der Waals surface area contributed by atoms with Gasteiger partial charge >= 0.3 is 17.9 Å². The van der Waals surface area contributed by atoms with E-state index in [1.165, 1.54) is 77.0 Å². The van der Waals surface area contributed by atoms with Gasteiger partial charge in [0.05, 0.1) is 12.5 Å². The fraction of sp³-hybridized carbons (Fsp3) is 0.889. The maximum absolute atomic E-state index is 13.7. The fourth-order valence-electron chi connectivity index (χ4n) is 7.66. The first kappa shape index (κ1) is 48.1. The number of ether oxygens (including phenoxy) is 3. The lowest BCUT2D eigenvalue weighted by Gasteiger charge is -2.24. The summed E-state index contributed by atoms with van der Waals surface area (Å²) < 4.78 is 18.1. The van der Waals surface area contributed by atoms with Crippen molar-refractivity contribution in [2.45, 2.75) is 213 Å². The summed E-state index contributed by atoms with van der Waals surface area (Å²) in [5.41, 5.74) is 0. The van der Waals surface area contributed by atoms with Crippen molar-refractivity contribution in [1.82, 2.24) is 4.90 Å². The molecule has 0 N–H and O–H groups in total. The van der Waals surface area contributed by atoms with Crippen molar-refractivity contribution in [3.05, 3.63) is 12.2 Å². The van der Waals surface area contributed by atoms with Gasteiger partial charge in [-0.15, -0.1) is 0 Å². The van der Waals surface area contributed by atoms with Crippen LogP contribution < -0.4 is 0 Å². The van der Waals surface area contributed by atoms with E-state index in [1.807, 2.05) is 14.1 Å². The second-order valence-electron chi connectivity index (χ2n) is 16.0. The summed E-state index contributed by atoms with van der Waals surface area (Å²) in [5, 5.41) is 0. The number of esters is 3. The van der Waals surface area contributed by atoms with Gasteiger partial charge in [0.15, 0.2) is 0 Å². The van der Waals surface area contributed by atoms with Crippen LogP contribution in [0, 0.1) is 17.8 Å². The van der Waals surface area contributed by atoms with E-state index in [0.29, 0.717) is 19.3 Å². The van der Waals surface area contributed by atoms with Crippen LogP contribution in [0.4, 0.5) is 0 Å². The topological polar surface area (TPSA) is 82.1 Å². The minimum atomic E-state index is -0.219. The zero-order chi connectivity index (χ0) is 38.2. The van der Waals surface area contributed by atoms with Crippen molar-refractivity contribution in [2.24, 2.45) is 17.8 Å². The number of hydrogen-bond acceptors (Lipinski definition) is 7. The molecule has 0 bridgehead atoms. The summed E-state index contributed by atoms with van der Waals surface area (Å²) in [6.45, 7) is 9.94. The fourth-order valence-corrected chi connectivity index (χ4v) is 7.66. The molecule has 5 atom stereocenters. The Balaban J connectivity index is 2.79. The molecule has 0 radical (unpaired) electrons. The average Bonchev–Trinajstić information content (AvgIpc) is 3.47. The van der Waals surface area contributed by atoms with E-state index in [2.05, 4.69) is 44.7 Å². The number of nitrogens with zero attached hydrogens (tertiary/aromatic N) is 1. The molecule has 1 rings (SSSR count). The molecule has 7 heteroatoms. The van der Waals surface area contributed by atoms with Gasteiger partial charge in [0.2, 0.25) is 0 Å². The van der Waals surface area contributed by atoms with Crippen molar-refractivity contribution in [2.75, 3.05) is 27.2 Å². The van der Waals surface area contributed by atoms with Crippen LogP contribution in [0.5, 0.6) is 0 Å². The summed E-state index contributed by atoms with van der Waals surface area (Å²) in [6.07, 6.45) is 31.2. The Morgan fingerprint density at radius 3 is 1.85 bits per heavy atom. The van der Waals surface area contributed by atoms with Crippen LogP contribution in [0.2, 0.25) is 0 Å². The van der Waals surface area contributed by atoms with Crippen molar-refractivity contribution < 1.29 is 28.6 Å². The largest absolute Gasteiger partial charge is 0.466 e. The van der Waals surface area contributed by atoms with Gasteiger partial charge < -0.3 is 19.1 Å². The van der Waals surface area contributed by atoms with Crippen LogP contribution in [0.25, 0.3) is 0 Å². The van der Waals surface area contributed by atoms with Crippen molar-refractivity contribution in [1.29, 1.82) is 0 Å². The maximum Gasteiger partial charge on any atom is 0.309 e. The van der Waals surface area contributed by atoms with Gasteiger partial charge in [-0.05, 0) is 84.3 Å². The molecule has 0 aliphatic heterocycles. The van der Waals surface area contributed by atoms with Gasteiger partial charge in [0.1, 0.15) is 12.2 Å². The van der Waals surface area contributed by atoms with Gasteiger partial charge in [-0.2, -0.15) is 0 Å². The third-order valence-corrected chi connectivity index (χ3v) is 10.9. The molecule has 1 aliphatic carbocycles. The van der Waals surface area contributed by atoms with Crippen LogP contribution in [-0.2, 0) is 28.6 Å². The molecule has 0 heterocycles. The third-order valence-electron chi connectivity index (χ3n) is 10.9. The first-order valence-electron chi connectivity index (χ1n) is 22.1. The molecule has 5 unspecified atom stereocenters. The van der Waals surface area contributed by atoms with Crippen LogP contribution in [0.3, 0.4) is 0 Å². The monoisotopic (exact) mass is 734 g/mol. The van der Waals surface area contributed by atoms with Crippen LogP contribution in [-0.4, -0.2) is 62.3 Å². The molecule has 304 valence electrons. The SMILES string of the molecule is CC/C=C\CC1C(CC(=O)OCCC(CCCCCCCC)OC(=O)C(CCCCCC)CCCCCCCC)CCC1OC(=O)CCCN(C)C. The summed E-state index contributed by atoms with van der Waals surface area (Å²) in [6, 6.07) is 0. The van der Waals surface area contributed by atoms with Gasteiger partial charge in [-0.25, -0.2) is 0 Å². The molecule has 0 spiro atoms. The minimum absolute atomic E-state index is 0.0336. The van der Waals surface area contributed by atoms with Crippen LogP contribution in [0.1, 0.15) is 201 Å². The lowest BCUT2D eigenvalue weighted by atomic mass is 9.88. The predicted molar refractivity (Wildman–Crippen MR) is 216 cm³/mol. The number of carbonyl (C=O) groups is 3. The number of rotatable bonds is 34. The number of allylic oxidation sites excluding steroid dienone is 2. The van der Waals surface area contributed by atoms with E-state index in [0.717, 1.165) is 83.6 Å². The standard InChI is InChI=1S/C45H83NO6/c1-7-11-15-18-20-24-28-38(27-23-17-13-9-3)45(49)51-40(29-25-21-19-16-12-8-2)34-36-50-44(48)37-39-32-33-42(41(39)30-22-14-10-4)52-43(47)31-26-35-46(5)6/h14,22,38-42H,7-13,15-21,23-37H2,1-6H3/b22-14-. The first-order valence-corrected chi connectivity index (χ1v) is 22.1. The molecule has 1 saturated carbocycles. The van der Waals surface area contributed by atoms with Gasteiger partial charge in [-0.1, -0.05) is 136 Å². The highest BCUT2D eigenvalue weighted by Gasteiger charge is 2.39. The van der Waals surface area contributed by atoms with Crippen LogP contribution >= 0.6 is 0 Å². The van der Waals surface area contributed by atoms with E-state index in [9.17, 15) is 14.4 Å². The molecule has 0 aromatic carbocycles. The Morgan fingerprint density at radius 1 is 0.673 bits per heavy atom. The molecule has 1 fully saturated rings. The molecule has 0 aromatic rings. The quantitative estimate of drug-likeness (QED) is 0.0282. The number of carbonyl (C=O) groups excluding carboxylic acids is 3. The van der Waals surface area contributed by atoms with Gasteiger partial charge in [0, 0.05) is 25.2 Å². The summed E-state index contributed by atoms with van der Waals surface area (Å²) >= 11 is 0. The third kappa shape index (κ3) is 24.4. The highest BCUT2D eigenvalue weighted by atomic mass is 16.6. The molecular weight excluding hydrogens is 650 g/mol. The minimum Gasteiger partial charge on any atom is -0.466 e.